The minimum atomic E-state index is -0.176. The normalized spacial score (nSPS) is 36.4. The molecule has 0 aromatic carbocycles. The molecule has 0 amide bonds. The van der Waals surface area contributed by atoms with Crippen LogP contribution in [0.5, 0.6) is 0 Å². The molecular formula is C60H96Ag3N12Ni3O12. The fraction of sp³-hybridized carbons (Fsp3) is 0.800. The Morgan fingerprint density at radius 3 is 0.422 bits per heavy atom. The summed E-state index contributed by atoms with van der Waals surface area (Å²) in [6.45, 7) is 38.1. The van der Waals surface area contributed by atoms with Gasteiger partial charge in [-0.25, -0.2) is 0 Å². The van der Waals surface area contributed by atoms with E-state index in [0.717, 1.165) is 77.0 Å². The van der Waals surface area contributed by atoms with Gasteiger partial charge in [0.1, 0.15) is 34.2 Å². The number of rotatable bonds is 12. The first-order valence-electron chi connectivity index (χ1n) is 29.8. The van der Waals surface area contributed by atoms with Crippen LogP contribution < -0.4 is 32.9 Å². The fourth-order valence-corrected chi connectivity index (χ4v) is 19.0. The van der Waals surface area contributed by atoms with Gasteiger partial charge in [-0.05, 0) is 141 Å². The molecule has 12 unspecified atom stereocenters. The van der Waals surface area contributed by atoms with Crippen LogP contribution in [0.15, 0.2) is 99.4 Å². The summed E-state index contributed by atoms with van der Waals surface area (Å²) in [5, 5.41) is 72.8. The number of hydrogen-bond donors (Lipinski definition) is 12. The second-order valence-electron chi connectivity index (χ2n) is 30.7. The maximum Gasteiger partial charge on any atom is 0.113 e. The molecular weight excluding hydrogens is 1580 g/mol. The van der Waals surface area contributed by atoms with Gasteiger partial charge in [0.2, 0.25) is 0 Å². The number of allylic oxidation sites excluding steroid dienone is 12. The molecule has 6 saturated carbocycles. The van der Waals surface area contributed by atoms with Crippen LogP contribution in [0.1, 0.15) is 202 Å². The molecule has 0 aromatic heterocycles. The van der Waals surface area contributed by atoms with Gasteiger partial charge in [0.15, 0.2) is 0 Å². The molecule has 0 aromatic rings. The van der Waals surface area contributed by atoms with Crippen LogP contribution in [-0.4, -0.2) is 31.2 Å². The Morgan fingerprint density at radius 2 is 0.356 bits per heavy atom. The second kappa shape index (κ2) is 29.6. The van der Waals surface area contributed by atoms with Crippen molar-refractivity contribution in [3.63, 3.8) is 0 Å². The summed E-state index contributed by atoms with van der Waals surface area (Å²) in [7, 11) is 0. The Kier molecular flexibility index (Phi) is 28.4. The van der Waals surface area contributed by atoms with Gasteiger partial charge in [-0.1, -0.05) is 125 Å². The van der Waals surface area contributed by atoms with Gasteiger partial charge in [-0.2, -0.15) is 0 Å². The number of nitrogens with one attached hydrogen (secondary N) is 6. The molecule has 12 aliphatic rings. The third-order valence-electron chi connectivity index (χ3n) is 27.4. The van der Waals surface area contributed by atoms with E-state index < -0.39 is 0 Å². The van der Waals surface area contributed by atoms with Crippen molar-refractivity contribution in [2.45, 2.75) is 202 Å². The molecule has 12 N–H and O–H groups in total. The van der Waals surface area contributed by atoms with Crippen LogP contribution in [0.2, 0.25) is 0 Å². The number of hydrogen-bond acceptors (Lipinski definition) is 24. The van der Waals surface area contributed by atoms with E-state index in [1.54, 1.807) is 0 Å². The van der Waals surface area contributed by atoms with E-state index in [0.29, 0.717) is 68.4 Å². The summed E-state index contributed by atoms with van der Waals surface area (Å²) in [5.74, 6) is 1.45. The SMILES string of the molecule is CC12CCC(C(NO)=C1N=O)C2(C)C.CC12CCC(C(NO)=C1N=O)C2(C)C.CC12CCC(C(NO)=C1N=O)C2(C)C.CC12CCC(C(NO)=C1N=O)C2(C)C.CC12CCC(C(NO)=C1N=O)C2(C)C.CC12CCC(C(NO)=C1N=O)C2(C)C.[Ag].[Ag].[Ag].[Ni].[Ni].[Ni]. The Balaban J connectivity index is 0.000000533. The van der Waals surface area contributed by atoms with E-state index in [4.69, 9.17) is 31.2 Å². The predicted molar refractivity (Wildman–Crippen MR) is 314 cm³/mol. The van der Waals surface area contributed by atoms with Gasteiger partial charge in [0, 0.05) is 185 Å². The minimum Gasteiger partial charge on any atom is -0.291 e. The summed E-state index contributed by atoms with van der Waals surface area (Å²) >= 11 is 0. The van der Waals surface area contributed by atoms with Gasteiger partial charge < -0.3 is 0 Å². The Labute approximate surface area is 606 Å². The van der Waals surface area contributed by atoms with E-state index in [-0.39, 0.29) is 217 Å². The zero-order valence-corrected chi connectivity index (χ0v) is 62.0. The molecule has 0 heterocycles. The Bertz CT molecular complexity index is 2470. The molecule has 90 heavy (non-hydrogen) atoms. The first kappa shape index (κ1) is 86.3. The molecule has 24 nitrogen and oxygen atoms in total. The molecule has 12 bridgehead atoms. The zero-order chi connectivity index (χ0) is 63.4. The molecule has 0 saturated heterocycles. The molecule has 531 valence electrons. The average molecular weight is 1680 g/mol. The molecule has 6 fully saturated rings. The number of fused-ring (bicyclic) bond motifs is 12. The number of nitrogens with zero attached hydrogens (tertiary/aromatic N) is 6. The summed E-state index contributed by atoms with van der Waals surface area (Å²) < 4.78 is 0. The third-order valence-corrected chi connectivity index (χ3v) is 27.4. The van der Waals surface area contributed by atoms with Crippen LogP contribution in [0.3, 0.4) is 0 Å². The maximum absolute atomic E-state index is 10.8. The summed E-state index contributed by atoms with van der Waals surface area (Å²) in [6, 6.07) is 0. The minimum absolute atomic E-state index is 0. The average Bonchev–Trinajstić information content (AvgIpc) is 1.63. The van der Waals surface area contributed by atoms with Gasteiger partial charge >= 0.3 is 0 Å². The van der Waals surface area contributed by atoms with Crippen molar-refractivity contribution in [1.29, 1.82) is 0 Å². The van der Waals surface area contributed by atoms with Crippen molar-refractivity contribution in [2.24, 2.45) is 132 Å². The quantitative estimate of drug-likeness (QED) is 0.0490. The summed E-state index contributed by atoms with van der Waals surface area (Å²) in [6.07, 6.45) is 12.0. The van der Waals surface area contributed by atoms with E-state index in [9.17, 15) is 29.4 Å². The van der Waals surface area contributed by atoms with E-state index in [2.05, 4.69) is 189 Å². The molecule has 0 aliphatic heterocycles. The first-order chi connectivity index (χ1) is 38.9. The maximum atomic E-state index is 10.8. The van der Waals surface area contributed by atoms with Crippen LogP contribution >= 0.6 is 0 Å². The van der Waals surface area contributed by atoms with Crippen LogP contribution in [0.4, 0.5) is 0 Å². The second-order valence-corrected chi connectivity index (χ2v) is 30.7. The van der Waals surface area contributed by atoms with Gasteiger partial charge in [-0.3, -0.25) is 64.1 Å². The van der Waals surface area contributed by atoms with Gasteiger partial charge in [0.25, 0.3) is 0 Å². The fourth-order valence-electron chi connectivity index (χ4n) is 19.0. The zero-order valence-electron chi connectivity index (χ0n) is 54.6. The van der Waals surface area contributed by atoms with Gasteiger partial charge in [0.05, 0.1) is 34.2 Å². The topological polar surface area (TPSA) is 370 Å². The summed E-state index contributed by atoms with van der Waals surface area (Å²) in [5.41, 5.74) is 18.9. The van der Waals surface area contributed by atoms with Crippen molar-refractivity contribution >= 4 is 0 Å². The molecule has 12 rings (SSSR count). The third kappa shape index (κ3) is 11.6. The van der Waals surface area contributed by atoms with Crippen molar-refractivity contribution < 1.29 is 148 Å². The molecule has 12 atom stereocenters. The first-order valence-corrected chi connectivity index (χ1v) is 29.8. The number of nitroso groups, excluding NO2 is 6. The predicted octanol–water partition coefficient (Wildman–Crippen LogP) is 14.4. The molecule has 30 heteroatoms. The van der Waals surface area contributed by atoms with Crippen LogP contribution in [-0.2, 0) is 117 Å². The number of hydroxylamine groups is 6. The van der Waals surface area contributed by atoms with E-state index in [1.807, 2.05) is 0 Å². The van der Waals surface area contributed by atoms with Crippen molar-refractivity contribution in [1.82, 2.24) is 32.9 Å². The van der Waals surface area contributed by atoms with Crippen LogP contribution in [0.25, 0.3) is 0 Å². The van der Waals surface area contributed by atoms with Crippen LogP contribution in [0, 0.1) is 130 Å². The van der Waals surface area contributed by atoms with E-state index in [1.165, 1.54) is 0 Å². The smallest absolute Gasteiger partial charge is 0.113 e. The van der Waals surface area contributed by atoms with Gasteiger partial charge in [-0.15, -0.1) is 29.4 Å². The van der Waals surface area contributed by atoms with E-state index >= 15 is 0 Å². The Hall–Kier alpha value is -1.70. The van der Waals surface area contributed by atoms with Crippen molar-refractivity contribution in [3.8, 4) is 0 Å². The Morgan fingerprint density at radius 1 is 0.256 bits per heavy atom. The standard InChI is InChI=1S/6C10H16N2O2.3Ag.3Ni/c6*1-9(2)6-4-5-10(9,3)8(12-14)7(6)11-13;;;;;;/h6*6,11,13H,4-5H2,1-3H3;;;;;;. The molecule has 12 aliphatic carbocycles. The largest absolute Gasteiger partial charge is 0.291 e. The molecule has 0 spiro atoms. The summed E-state index contributed by atoms with van der Waals surface area (Å²) in [4.78, 5) is 64.8. The van der Waals surface area contributed by atoms with Crippen molar-refractivity contribution in [2.75, 3.05) is 0 Å². The monoisotopic (exact) mass is 1670 g/mol. The van der Waals surface area contributed by atoms with Crippen molar-refractivity contribution in [3.05, 3.63) is 97.8 Å². The molecule has 3 radical (unpaired) electrons.